The molecule has 0 N–H and O–H groups in total. The van der Waals surface area contributed by atoms with Crippen LogP contribution in [-0.2, 0) is 9.13 Å². The third kappa shape index (κ3) is 0.853. The summed E-state index contributed by atoms with van der Waals surface area (Å²) in [6.07, 6.45) is 6.19. The molecule has 3 aliphatic heterocycles. The molecule has 3 rings (SSSR count). The maximum Gasteiger partial charge on any atom is 0.110 e. The zero-order valence-corrected chi connectivity index (χ0v) is 10.1. The van der Waals surface area contributed by atoms with Gasteiger partial charge < -0.3 is 9.13 Å². The van der Waals surface area contributed by atoms with Gasteiger partial charge in [-0.2, -0.15) is 0 Å². The van der Waals surface area contributed by atoms with Crippen molar-refractivity contribution in [3.05, 3.63) is 24.0 Å². The summed E-state index contributed by atoms with van der Waals surface area (Å²) in [5, 5.41) is 0. The van der Waals surface area contributed by atoms with Crippen molar-refractivity contribution in [2.75, 3.05) is 13.3 Å². The minimum Gasteiger partial charge on any atom is -0.323 e. The molecule has 6 atom stereocenters. The number of fused-ring (bicyclic) bond motifs is 5. The van der Waals surface area contributed by atoms with Gasteiger partial charge in [0.1, 0.15) is 7.14 Å². The van der Waals surface area contributed by atoms with E-state index in [0.717, 1.165) is 0 Å². The normalized spacial score (nSPS) is 63.6. The van der Waals surface area contributed by atoms with Gasteiger partial charge in [0.2, 0.25) is 0 Å². The standard InChI is InChI=1S/C10H14O2P2/c1-13(11)6-5-7-8-3-4-9(10(7)13)14(8,2)12/h3-10H,1-2H3. The van der Waals surface area contributed by atoms with Crippen molar-refractivity contribution in [2.24, 2.45) is 5.92 Å². The second-order valence-electron chi connectivity index (χ2n) is 4.89. The number of hydrogen-bond acceptors (Lipinski definition) is 2. The molecule has 0 spiro atoms. The van der Waals surface area contributed by atoms with E-state index in [1.165, 1.54) is 0 Å². The predicted molar refractivity (Wildman–Crippen MR) is 60.2 cm³/mol. The molecule has 76 valence electrons. The maximum absolute atomic E-state index is 12.4. The van der Waals surface area contributed by atoms with Crippen LogP contribution in [0.2, 0.25) is 0 Å². The van der Waals surface area contributed by atoms with Gasteiger partial charge in [0.25, 0.3) is 0 Å². The fourth-order valence-corrected chi connectivity index (χ4v) is 10.5. The Hall–Kier alpha value is -0.0600. The van der Waals surface area contributed by atoms with E-state index in [4.69, 9.17) is 0 Å². The van der Waals surface area contributed by atoms with E-state index in [2.05, 4.69) is 18.2 Å². The summed E-state index contributed by atoms with van der Waals surface area (Å²) < 4.78 is 24.7. The molecule has 0 aromatic heterocycles. The molecular formula is C10H14O2P2. The Bertz CT molecular complexity index is 449. The lowest BCUT2D eigenvalue weighted by molar-refractivity contribution is 0.561. The lowest BCUT2D eigenvalue weighted by Gasteiger charge is -2.22. The van der Waals surface area contributed by atoms with Gasteiger partial charge in [-0.25, -0.2) is 0 Å². The van der Waals surface area contributed by atoms with Gasteiger partial charge in [-0.1, -0.05) is 18.2 Å². The van der Waals surface area contributed by atoms with Crippen LogP contribution in [0.25, 0.3) is 0 Å². The smallest absolute Gasteiger partial charge is 0.110 e. The first-order valence-electron chi connectivity index (χ1n) is 4.96. The van der Waals surface area contributed by atoms with Crippen LogP contribution in [0, 0.1) is 5.92 Å². The molecule has 2 nitrogen and oxygen atoms in total. The van der Waals surface area contributed by atoms with E-state index in [0.29, 0.717) is 5.92 Å². The van der Waals surface area contributed by atoms with Crippen LogP contribution in [0.4, 0.5) is 0 Å². The molecule has 2 bridgehead atoms. The lowest BCUT2D eigenvalue weighted by Crippen LogP contribution is -2.23. The van der Waals surface area contributed by atoms with Crippen LogP contribution in [0.5, 0.6) is 0 Å². The van der Waals surface area contributed by atoms with Crippen molar-refractivity contribution in [1.29, 1.82) is 0 Å². The molecule has 0 aromatic rings. The first kappa shape index (κ1) is 9.19. The van der Waals surface area contributed by atoms with Gasteiger partial charge in [0, 0.05) is 22.9 Å². The zero-order chi connectivity index (χ0) is 10.1. The minimum absolute atomic E-state index is 0.100. The summed E-state index contributed by atoms with van der Waals surface area (Å²) in [6.45, 7) is 3.72. The topological polar surface area (TPSA) is 34.1 Å². The van der Waals surface area contributed by atoms with Gasteiger partial charge in [-0.05, 0) is 19.1 Å². The van der Waals surface area contributed by atoms with E-state index < -0.39 is 14.3 Å². The van der Waals surface area contributed by atoms with Crippen molar-refractivity contribution in [3.63, 3.8) is 0 Å². The second-order valence-corrected chi connectivity index (χ2v) is 11.2. The first-order chi connectivity index (χ1) is 6.44. The van der Waals surface area contributed by atoms with E-state index in [1.807, 2.05) is 19.1 Å². The molecule has 1 saturated heterocycles. The van der Waals surface area contributed by atoms with Crippen LogP contribution in [0.3, 0.4) is 0 Å². The number of hydrogen-bond donors (Lipinski definition) is 0. The van der Waals surface area contributed by atoms with Crippen LogP contribution in [0.15, 0.2) is 24.0 Å². The molecule has 0 aromatic carbocycles. The van der Waals surface area contributed by atoms with Crippen molar-refractivity contribution < 1.29 is 9.13 Å². The third-order valence-corrected chi connectivity index (χ3v) is 10.3. The molecule has 3 aliphatic rings. The molecule has 0 aliphatic carbocycles. The Morgan fingerprint density at radius 2 is 1.64 bits per heavy atom. The molecular weight excluding hydrogens is 214 g/mol. The van der Waals surface area contributed by atoms with Gasteiger partial charge in [-0.3, -0.25) is 0 Å². The molecule has 6 unspecified atom stereocenters. The summed E-state index contributed by atoms with van der Waals surface area (Å²) in [5.74, 6) is 2.19. The van der Waals surface area contributed by atoms with Crippen LogP contribution in [-0.4, -0.2) is 30.3 Å². The Kier molecular flexibility index (Phi) is 1.55. The quantitative estimate of drug-likeness (QED) is 0.472. The Balaban J connectivity index is 2.18. The summed E-state index contributed by atoms with van der Waals surface area (Å²) in [7, 11) is -4.28. The van der Waals surface area contributed by atoms with Gasteiger partial charge >= 0.3 is 0 Å². The van der Waals surface area contributed by atoms with Crippen molar-refractivity contribution >= 4 is 14.3 Å². The van der Waals surface area contributed by atoms with E-state index in [-0.39, 0.29) is 17.0 Å². The van der Waals surface area contributed by atoms with E-state index in [9.17, 15) is 9.13 Å². The van der Waals surface area contributed by atoms with Crippen LogP contribution < -0.4 is 0 Å². The van der Waals surface area contributed by atoms with Crippen LogP contribution in [0.1, 0.15) is 0 Å². The van der Waals surface area contributed by atoms with Crippen molar-refractivity contribution in [2.45, 2.75) is 17.0 Å². The van der Waals surface area contributed by atoms with E-state index >= 15 is 0 Å². The largest absolute Gasteiger partial charge is 0.323 e. The molecule has 14 heavy (non-hydrogen) atoms. The van der Waals surface area contributed by atoms with Gasteiger partial charge in [0.15, 0.2) is 0 Å². The number of allylic oxidation sites excluding steroid dienone is 3. The highest BCUT2D eigenvalue weighted by molar-refractivity contribution is 7.72. The van der Waals surface area contributed by atoms with Crippen molar-refractivity contribution in [1.82, 2.24) is 0 Å². The van der Waals surface area contributed by atoms with Gasteiger partial charge in [-0.15, -0.1) is 0 Å². The van der Waals surface area contributed by atoms with E-state index in [1.54, 1.807) is 0 Å². The molecule has 0 radical (unpaired) electrons. The number of rotatable bonds is 0. The van der Waals surface area contributed by atoms with Gasteiger partial charge in [0.05, 0.1) is 7.14 Å². The molecule has 0 amide bonds. The Morgan fingerprint density at radius 3 is 2.29 bits per heavy atom. The summed E-state index contributed by atoms with van der Waals surface area (Å²) in [4.78, 5) is 0. The highest BCUT2D eigenvalue weighted by atomic mass is 31.2. The SMILES string of the molecule is CP1(=O)C=CC2C1C1C=CC2P1(C)=O. The lowest BCUT2D eigenvalue weighted by atomic mass is 9.94. The maximum atomic E-state index is 12.4. The monoisotopic (exact) mass is 228 g/mol. The minimum atomic E-state index is -2.17. The first-order valence-corrected chi connectivity index (χ1v) is 9.54. The summed E-state index contributed by atoms with van der Waals surface area (Å²) in [6, 6.07) is 0. The molecule has 1 fully saturated rings. The molecule has 0 saturated carbocycles. The highest BCUT2D eigenvalue weighted by Crippen LogP contribution is 2.77. The third-order valence-electron chi connectivity index (χ3n) is 4.02. The second kappa shape index (κ2) is 2.36. The molecule has 3 heterocycles. The summed E-state index contributed by atoms with van der Waals surface area (Å²) >= 11 is 0. The predicted octanol–water partition coefficient (Wildman–Crippen LogP) is 2.80. The fraction of sp³-hybridized carbons (Fsp3) is 0.600. The molecule has 4 heteroatoms. The Morgan fingerprint density at radius 1 is 1.00 bits per heavy atom. The Labute approximate surface area is 84.2 Å². The average molecular weight is 228 g/mol. The van der Waals surface area contributed by atoms with Crippen LogP contribution >= 0.6 is 14.3 Å². The zero-order valence-electron chi connectivity index (χ0n) is 8.33. The summed E-state index contributed by atoms with van der Waals surface area (Å²) in [5.41, 5.74) is 0.446. The van der Waals surface area contributed by atoms with Crippen molar-refractivity contribution in [3.8, 4) is 0 Å². The highest BCUT2D eigenvalue weighted by Gasteiger charge is 2.61. The average Bonchev–Trinajstić information content (AvgIpc) is 2.61. The fourth-order valence-electron chi connectivity index (χ4n) is 3.33.